The van der Waals surface area contributed by atoms with Crippen LogP contribution in [0.2, 0.25) is 0 Å². The molecule has 0 amide bonds. The summed E-state index contributed by atoms with van der Waals surface area (Å²) in [6.45, 7) is 4.32. The van der Waals surface area contributed by atoms with Gasteiger partial charge in [-0.05, 0) is 35.2 Å². The lowest BCUT2D eigenvalue weighted by molar-refractivity contribution is -0.162. The molecule has 4 aromatic carbocycles. The Kier molecular flexibility index (Phi) is 9.61. The third-order valence-corrected chi connectivity index (χ3v) is 8.10. The predicted molar refractivity (Wildman–Crippen MR) is 161 cm³/mol. The van der Waals surface area contributed by atoms with Crippen molar-refractivity contribution in [2.45, 2.75) is 43.6 Å². The minimum absolute atomic E-state index is 0. The Hall–Kier alpha value is -3.40. The van der Waals surface area contributed by atoms with Crippen LogP contribution < -0.4 is 0 Å². The number of hydrogen-bond acceptors (Lipinski definition) is 3. The molecule has 202 valence electrons. The largest absolute Gasteiger partial charge is 0.459 e. The quantitative estimate of drug-likeness (QED) is 0.163. The molecule has 1 saturated heterocycles. The van der Waals surface area contributed by atoms with Crippen molar-refractivity contribution in [1.29, 1.82) is 0 Å². The smallest absolute Gasteiger partial charge is 0.303 e. The summed E-state index contributed by atoms with van der Waals surface area (Å²) in [6.07, 6.45) is 3.42. The van der Waals surface area contributed by atoms with Crippen molar-refractivity contribution < 1.29 is 9.53 Å². The second kappa shape index (κ2) is 13.1. The highest BCUT2D eigenvalue weighted by Crippen LogP contribution is 2.42. The Morgan fingerprint density at radius 3 is 1.54 bits per heavy atom. The lowest BCUT2D eigenvalue weighted by atomic mass is 9.67. The van der Waals surface area contributed by atoms with Crippen LogP contribution >= 0.6 is 12.4 Å². The topological polar surface area (TPSA) is 29.5 Å². The SMILES string of the molecule is CC(=O)OC1(Cc2ccccc2)CCN(CCC(c2ccccc2)(c2ccccc2)c2ccccc2)CC1.Cl. The van der Waals surface area contributed by atoms with E-state index >= 15 is 0 Å². The monoisotopic (exact) mass is 539 g/mol. The Labute approximate surface area is 239 Å². The van der Waals surface area contributed by atoms with Gasteiger partial charge in [0.05, 0.1) is 0 Å². The summed E-state index contributed by atoms with van der Waals surface area (Å²) in [6, 6.07) is 43.2. The number of ether oxygens (including phenoxy) is 1. The van der Waals surface area contributed by atoms with Crippen LogP contribution in [0.1, 0.15) is 48.4 Å². The van der Waals surface area contributed by atoms with Gasteiger partial charge in [0.2, 0.25) is 0 Å². The van der Waals surface area contributed by atoms with Crippen LogP contribution in [-0.4, -0.2) is 36.1 Å². The number of halogens is 1. The minimum Gasteiger partial charge on any atom is -0.459 e. The fourth-order valence-corrected chi connectivity index (χ4v) is 6.20. The Balaban J connectivity index is 0.00000353. The van der Waals surface area contributed by atoms with E-state index in [4.69, 9.17) is 4.74 Å². The van der Waals surface area contributed by atoms with E-state index in [1.807, 2.05) is 6.07 Å². The molecule has 0 aromatic heterocycles. The van der Waals surface area contributed by atoms with E-state index in [-0.39, 0.29) is 23.8 Å². The van der Waals surface area contributed by atoms with Crippen molar-refractivity contribution in [3.05, 3.63) is 144 Å². The maximum absolute atomic E-state index is 12.1. The number of likely N-dealkylation sites (tertiary alicyclic amines) is 1. The summed E-state index contributed by atoms with van der Waals surface area (Å²) in [5.41, 5.74) is 4.48. The first kappa shape index (κ1) is 28.6. The van der Waals surface area contributed by atoms with Gasteiger partial charge in [0.1, 0.15) is 5.60 Å². The van der Waals surface area contributed by atoms with Crippen LogP contribution in [0.5, 0.6) is 0 Å². The van der Waals surface area contributed by atoms with Crippen LogP contribution in [0.15, 0.2) is 121 Å². The van der Waals surface area contributed by atoms with Crippen molar-refractivity contribution in [3.63, 3.8) is 0 Å². The van der Waals surface area contributed by atoms with Gasteiger partial charge in [0, 0.05) is 44.7 Å². The maximum Gasteiger partial charge on any atom is 0.303 e. The van der Waals surface area contributed by atoms with Gasteiger partial charge in [-0.15, -0.1) is 12.4 Å². The first-order chi connectivity index (χ1) is 18.6. The summed E-state index contributed by atoms with van der Waals surface area (Å²) in [4.78, 5) is 14.6. The molecule has 0 unspecified atom stereocenters. The molecule has 0 aliphatic carbocycles. The second-order valence-electron chi connectivity index (χ2n) is 10.5. The molecule has 4 aromatic rings. The standard InChI is InChI=1S/C35H37NO2.ClH/c1-29(37)38-34(28-30-14-6-2-7-15-30)22-25-36(26-23-34)27-24-35(31-16-8-3-9-17-31,32-18-10-4-11-19-32)33-20-12-5-13-21-33;/h2-21H,22-28H2,1H3;1H. The van der Waals surface area contributed by atoms with E-state index in [0.29, 0.717) is 0 Å². The van der Waals surface area contributed by atoms with Crippen molar-refractivity contribution in [3.8, 4) is 0 Å². The number of nitrogens with zero attached hydrogens (tertiary/aromatic N) is 1. The number of esters is 1. The predicted octanol–water partition coefficient (Wildman–Crippen LogP) is 7.47. The van der Waals surface area contributed by atoms with E-state index in [0.717, 1.165) is 45.3 Å². The molecule has 0 atom stereocenters. The van der Waals surface area contributed by atoms with Gasteiger partial charge in [-0.25, -0.2) is 0 Å². The van der Waals surface area contributed by atoms with E-state index in [1.54, 1.807) is 0 Å². The zero-order valence-electron chi connectivity index (χ0n) is 22.7. The molecule has 1 fully saturated rings. The van der Waals surface area contributed by atoms with Gasteiger partial charge in [-0.1, -0.05) is 121 Å². The molecule has 0 radical (unpaired) electrons. The molecule has 3 nitrogen and oxygen atoms in total. The Morgan fingerprint density at radius 2 is 1.13 bits per heavy atom. The molecule has 1 heterocycles. The zero-order chi connectivity index (χ0) is 26.3. The van der Waals surface area contributed by atoms with E-state index in [9.17, 15) is 4.79 Å². The number of piperidine rings is 1. The summed E-state index contributed by atoms with van der Waals surface area (Å²) in [5, 5.41) is 0. The summed E-state index contributed by atoms with van der Waals surface area (Å²) in [5.74, 6) is -0.189. The normalized spacial score (nSPS) is 15.2. The first-order valence-corrected chi connectivity index (χ1v) is 13.7. The highest BCUT2D eigenvalue weighted by Gasteiger charge is 2.40. The lowest BCUT2D eigenvalue weighted by Gasteiger charge is -2.43. The van der Waals surface area contributed by atoms with Crippen LogP contribution in [0.4, 0.5) is 0 Å². The molecule has 0 N–H and O–H groups in total. The van der Waals surface area contributed by atoms with Crippen molar-refractivity contribution >= 4 is 18.4 Å². The molecule has 0 spiro atoms. The maximum atomic E-state index is 12.1. The van der Waals surface area contributed by atoms with Gasteiger partial charge in [-0.2, -0.15) is 0 Å². The van der Waals surface area contributed by atoms with Crippen LogP contribution in [0, 0.1) is 0 Å². The van der Waals surface area contributed by atoms with Gasteiger partial charge >= 0.3 is 5.97 Å². The third kappa shape index (κ3) is 6.61. The molecular formula is C35H38ClNO2. The lowest BCUT2D eigenvalue weighted by Crippen LogP contribution is -2.49. The summed E-state index contributed by atoms with van der Waals surface area (Å²) >= 11 is 0. The molecule has 5 rings (SSSR count). The van der Waals surface area contributed by atoms with Gasteiger partial charge in [0.15, 0.2) is 0 Å². The number of rotatable bonds is 9. The van der Waals surface area contributed by atoms with Gasteiger partial charge in [-0.3, -0.25) is 4.79 Å². The highest BCUT2D eigenvalue weighted by atomic mass is 35.5. The van der Waals surface area contributed by atoms with Crippen LogP contribution in [0.3, 0.4) is 0 Å². The second-order valence-corrected chi connectivity index (χ2v) is 10.5. The Bertz CT molecular complexity index is 1190. The number of carbonyl (C=O) groups excluding carboxylic acids is 1. The summed E-state index contributed by atoms with van der Waals surface area (Å²) < 4.78 is 6.02. The van der Waals surface area contributed by atoms with Gasteiger partial charge < -0.3 is 9.64 Å². The molecule has 0 bridgehead atoms. The number of carbonyl (C=O) groups is 1. The van der Waals surface area contributed by atoms with Crippen LogP contribution in [-0.2, 0) is 21.4 Å². The molecular weight excluding hydrogens is 502 g/mol. The third-order valence-electron chi connectivity index (χ3n) is 8.10. The molecule has 39 heavy (non-hydrogen) atoms. The van der Waals surface area contributed by atoms with E-state index < -0.39 is 5.60 Å². The number of hydrogen-bond donors (Lipinski definition) is 0. The molecule has 4 heteroatoms. The molecule has 1 aliphatic heterocycles. The van der Waals surface area contributed by atoms with Crippen molar-refractivity contribution in [2.75, 3.05) is 19.6 Å². The fraction of sp³-hybridized carbons (Fsp3) is 0.286. The van der Waals surface area contributed by atoms with Crippen molar-refractivity contribution in [1.82, 2.24) is 4.90 Å². The first-order valence-electron chi connectivity index (χ1n) is 13.7. The molecule has 1 aliphatic rings. The average Bonchev–Trinajstić information content (AvgIpc) is 2.96. The van der Waals surface area contributed by atoms with Gasteiger partial charge in [0.25, 0.3) is 0 Å². The number of benzene rings is 4. The van der Waals surface area contributed by atoms with Crippen molar-refractivity contribution in [2.24, 2.45) is 0 Å². The molecule has 0 saturated carbocycles. The highest BCUT2D eigenvalue weighted by molar-refractivity contribution is 5.85. The van der Waals surface area contributed by atoms with E-state index in [2.05, 4.69) is 120 Å². The Morgan fingerprint density at radius 1 is 0.718 bits per heavy atom. The summed E-state index contributed by atoms with van der Waals surface area (Å²) in [7, 11) is 0. The zero-order valence-corrected chi connectivity index (χ0v) is 23.5. The van der Waals surface area contributed by atoms with E-state index in [1.165, 1.54) is 29.2 Å². The fourth-order valence-electron chi connectivity index (χ4n) is 6.20. The van der Waals surface area contributed by atoms with Crippen LogP contribution in [0.25, 0.3) is 0 Å². The average molecular weight is 540 g/mol. The minimum atomic E-state index is -0.431.